The van der Waals surface area contributed by atoms with Crippen LogP contribution in [-0.4, -0.2) is 33.4 Å². The molecule has 4 rings (SSSR count). The summed E-state index contributed by atoms with van der Waals surface area (Å²) in [6, 6.07) is 13.0. The summed E-state index contributed by atoms with van der Waals surface area (Å²) >= 11 is 0. The van der Waals surface area contributed by atoms with E-state index in [1.54, 1.807) is 30.3 Å². The molecule has 0 amide bonds. The zero-order valence-corrected chi connectivity index (χ0v) is 24.0. The summed E-state index contributed by atoms with van der Waals surface area (Å²) in [6.07, 6.45) is -0.0328. The van der Waals surface area contributed by atoms with Crippen LogP contribution in [0.15, 0.2) is 57.7 Å². The van der Waals surface area contributed by atoms with Gasteiger partial charge in [-0.2, -0.15) is 0 Å². The van der Waals surface area contributed by atoms with Crippen LogP contribution in [0.1, 0.15) is 41.7 Å². The standard InChI is InChI=1S/C32H33FO8/c1-18(2)40-26-11-10-23-19(3)24(13-20-8-7-9-22(33)12-20)32(35)41-30(23)25(26)17-39-29(34)16-21-14-27(36-4)31(38-6)28(15-21)37-5/h7-12,14-15,18H,13,16-17H2,1-6H3. The largest absolute Gasteiger partial charge is 0.493 e. The van der Waals surface area contributed by atoms with Crippen molar-refractivity contribution in [3.05, 3.63) is 92.6 Å². The Morgan fingerprint density at radius 3 is 2.22 bits per heavy atom. The lowest BCUT2D eigenvalue weighted by atomic mass is 9.98. The van der Waals surface area contributed by atoms with Gasteiger partial charge in [0.05, 0.1) is 39.4 Å². The first-order chi connectivity index (χ1) is 19.6. The van der Waals surface area contributed by atoms with Gasteiger partial charge >= 0.3 is 11.6 Å². The van der Waals surface area contributed by atoms with Crippen molar-refractivity contribution < 1.29 is 37.3 Å². The normalized spacial score (nSPS) is 11.0. The van der Waals surface area contributed by atoms with E-state index in [2.05, 4.69) is 0 Å². The minimum atomic E-state index is -0.550. The molecule has 0 saturated carbocycles. The highest BCUT2D eigenvalue weighted by Crippen LogP contribution is 2.38. The molecule has 0 N–H and O–H groups in total. The van der Waals surface area contributed by atoms with Gasteiger partial charge in [-0.15, -0.1) is 0 Å². The van der Waals surface area contributed by atoms with Gasteiger partial charge in [0.15, 0.2) is 11.5 Å². The molecule has 0 bridgehead atoms. The van der Waals surface area contributed by atoms with Crippen molar-refractivity contribution in [1.82, 2.24) is 0 Å². The Balaban J connectivity index is 1.66. The van der Waals surface area contributed by atoms with Crippen molar-refractivity contribution in [3.8, 4) is 23.0 Å². The number of carbonyl (C=O) groups is 1. The van der Waals surface area contributed by atoms with Crippen molar-refractivity contribution in [2.75, 3.05) is 21.3 Å². The average molecular weight is 565 g/mol. The van der Waals surface area contributed by atoms with Crippen molar-refractivity contribution in [2.24, 2.45) is 0 Å². The van der Waals surface area contributed by atoms with Crippen LogP contribution in [0.3, 0.4) is 0 Å². The van der Waals surface area contributed by atoms with E-state index in [0.29, 0.717) is 56.2 Å². The Hall–Kier alpha value is -4.53. The summed E-state index contributed by atoms with van der Waals surface area (Å²) in [4.78, 5) is 26.1. The third-order valence-corrected chi connectivity index (χ3v) is 6.60. The third-order valence-electron chi connectivity index (χ3n) is 6.60. The first kappa shape index (κ1) is 29.5. The van der Waals surface area contributed by atoms with Gasteiger partial charge in [-0.05, 0) is 73.9 Å². The Bertz CT molecular complexity index is 1600. The van der Waals surface area contributed by atoms with Crippen LogP contribution in [-0.2, 0) is 29.0 Å². The maximum absolute atomic E-state index is 13.7. The molecular weight excluding hydrogens is 531 g/mol. The monoisotopic (exact) mass is 564 g/mol. The molecule has 1 heterocycles. The minimum Gasteiger partial charge on any atom is -0.493 e. The lowest BCUT2D eigenvalue weighted by molar-refractivity contribution is -0.144. The highest BCUT2D eigenvalue weighted by atomic mass is 19.1. The van der Waals surface area contributed by atoms with Gasteiger partial charge in [0.1, 0.15) is 23.8 Å². The molecule has 41 heavy (non-hydrogen) atoms. The Kier molecular flexibility index (Phi) is 9.17. The van der Waals surface area contributed by atoms with Crippen LogP contribution < -0.4 is 24.6 Å². The van der Waals surface area contributed by atoms with E-state index in [0.717, 1.165) is 0 Å². The molecule has 216 valence electrons. The molecule has 4 aromatic rings. The number of aryl methyl sites for hydroxylation is 1. The lowest BCUT2D eigenvalue weighted by Crippen LogP contribution is -2.14. The Morgan fingerprint density at radius 2 is 1.61 bits per heavy atom. The second-order valence-electron chi connectivity index (χ2n) is 9.76. The predicted molar refractivity (Wildman–Crippen MR) is 152 cm³/mol. The number of carbonyl (C=O) groups excluding carboxylic acids is 1. The second kappa shape index (κ2) is 12.8. The first-order valence-corrected chi connectivity index (χ1v) is 13.1. The van der Waals surface area contributed by atoms with E-state index >= 15 is 0 Å². The number of benzene rings is 3. The van der Waals surface area contributed by atoms with Crippen LogP contribution in [0.4, 0.5) is 4.39 Å². The molecule has 9 heteroatoms. The molecule has 1 aromatic heterocycles. The number of ether oxygens (including phenoxy) is 5. The van der Waals surface area contributed by atoms with Crippen LogP contribution >= 0.6 is 0 Å². The maximum Gasteiger partial charge on any atom is 0.340 e. The van der Waals surface area contributed by atoms with Crippen LogP contribution in [0.5, 0.6) is 23.0 Å². The number of hydrogen-bond donors (Lipinski definition) is 0. The van der Waals surface area contributed by atoms with E-state index < -0.39 is 11.6 Å². The molecule has 0 radical (unpaired) electrons. The van der Waals surface area contributed by atoms with Gasteiger partial charge in [-0.1, -0.05) is 12.1 Å². The molecule has 0 aliphatic rings. The molecule has 0 spiro atoms. The fourth-order valence-electron chi connectivity index (χ4n) is 4.66. The van der Waals surface area contributed by atoms with Gasteiger partial charge in [-0.3, -0.25) is 4.79 Å². The highest BCUT2D eigenvalue weighted by molar-refractivity contribution is 5.86. The summed E-state index contributed by atoms with van der Waals surface area (Å²) in [6.45, 7) is 5.37. The average Bonchev–Trinajstić information content (AvgIpc) is 2.93. The molecule has 0 unspecified atom stereocenters. The van der Waals surface area contributed by atoms with Crippen LogP contribution in [0.2, 0.25) is 0 Å². The predicted octanol–water partition coefficient (Wildman–Crippen LogP) is 5.93. The summed E-state index contributed by atoms with van der Waals surface area (Å²) in [5.74, 6) is 0.796. The van der Waals surface area contributed by atoms with Gasteiger partial charge in [-0.25, -0.2) is 9.18 Å². The van der Waals surface area contributed by atoms with E-state index in [9.17, 15) is 14.0 Å². The van der Waals surface area contributed by atoms with Crippen molar-refractivity contribution in [3.63, 3.8) is 0 Å². The number of halogens is 1. The third kappa shape index (κ3) is 6.62. The van der Waals surface area contributed by atoms with Crippen molar-refractivity contribution in [1.29, 1.82) is 0 Å². The van der Waals surface area contributed by atoms with Gasteiger partial charge in [0.2, 0.25) is 5.75 Å². The number of esters is 1. The second-order valence-corrected chi connectivity index (χ2v) is 9.76. The summed E-state index contributed by atoms with van der Waals surface area (Å²) in [7, 11) is 4.49. The Labute approximate surface area is 237 Å². The summed E-state index contributed by atoms with van der Waals surface area (Å²) in [5, 5.41) is 0.669. The fraction of sp³-hybridized carbons (Fsp3) is 0.312. The molecular formula is C32H33FO8. The highest BCUT2D eigenvalue weighted by Gasteiger charge is 2.21. The smallest absolute Gasteiger partial charge is 0.340 e. The molecule has 0 atom stereocenters. The topological polar surface area (TPSA) is 93.4 Å². The SMILES string of the molecule is COc1cc(CC(=O)OCc2c(OC(C)C)ccc3c(C)c(Cc4cccc(F)c4)c(=O)oc23)cc(OC)c1OC. The lowest BCUT2D eigenvalue weighted by Gasteiger charge is -2.17. The fourth-order valence-corrected chi connectivity index (χ4v) is 4.66. The first-order valence-electron chi connectivity index (χ1n) is 13.1. The van der Waals surface area contributed by atoms with Gasteiger partial charge in [0, 0.05) is 17.4 Å². The Morgan fingerprint density at radius 1 is 0.902 bits per heavy atom. The van der Waals surface area contributed by atoms with Crippen LogP contribution in [0, 0.1) is 12.7 Å². The zero-order chi connectivity index (χ0) is 29.7. The zero-order valence-electron chi connectivity index (χ0n) is 24.0. The molecule has 3 aromatic carbocycles. The molecule has 0 fully saturated rings. The van der Waals surface area contributed by atoms with Crippen LogP contribution in [0.25, 0.3) is 11.0 Å². The van der Waals surface area contributed by atoms with Crippen molar-refractivity contribution in [2.45, 2.75) is 46.3 Å². The number of hydrogen-bond acceptors (Lipinski definition) is 8. The quantitative estimate of drug-likeness (QED) is 0.164. The number of rotatable bonds is 11. The van der Waals surface area contributed by atoms with Crippen molar-refractivity contribution >= 4 is 16.9 Å². The number of fused-ring (bicyclic) bond motifs is 1. The summed E-state index contributed by atoms with van der Waals surface area (Å²) < 4.78 is 47.2. The molecule has 0 saturated heterocycles. The van der Waals surface area contributed by atoms with E-state index in [4.69, 9.17) is 28.1 Å². The van der Waals surface area contributed by atoms with Gasteiger partial charge < -0.3 is 28.1 Å². The van der Waals surface area contributed by atoms with Gasteiger partial charge in [0.25, 0.3) is 0 Å². The minimum absolute atomic E-state index is 0.0669. The number of methoxy groups -OCH3 is 3. The molecule has 8 nitrogen and oxygen atoms in total. The maximum atomic E-state index is 13.7. The van der Waals surface area contributed by atoms with E-state index in [-0.39, 0.29) is 37.0 Å². The molecule has 0 aliphatic heterocycles. The summed E-state index contributed by atoms with van der Waals surface area (Å²) in [5.41, 5.74) is 2.53. The van der Waals surface area contributed by atoms with E-state index in [1.807, 2.05) is 26.8 Å². The van der Waals surface area contributed by atoms with E-state index in [1.165, 1.54) is 33.5 Å². The molecule has 0 aliphatic carbocycles.